The Bertz CT molecular complexity index is 1250. The predicted molar refractivity (Wildman–Crippen MR) is 123 cm³/mol. The molecule has 0 aliphatic carbocycles. The number of hydrogen-bond acceptors (Lipinski definition) is 3. The molecule has 0 aliphatic heterocycles. The third-order valence-electron chi connectivity index (χ3n) is 5.58. The van der Waals surface area contributed by atoms with Crippen molar-refractivity contribution in [2.24, 2.45) is 0 Å². The second-order valence-corrected chi connectivity index (χ2v) is 7.82. The van der Waals surface area contributed by atoms with Crippen LogP contribution in [0.5, 0.6) is 5.75 Å². The topological polar surface area (TPSA) is 63.5 Å². The Kier molecular flexibility index (Phi) is 6.23. The quantitative estimate of drug-likeness (QED) is 0.405. The summed E-state index contributed by atoms with van der Waals surface area (Å²) in [5.41, 5.74) is 4.83. The summed E-state index contributed by atoms with van der Waals surface area (Å²) in [4.78, 5) is 12.3. The van der Waals surface area contributed by atoms with Gasteiger partial charge in [-0.1, -0.05) is 42.0 Å². The van der Waals surface area contributed by atoms with E-state index < -0.39 is 5.97 Å². The van der Waals surface area contributed by atoms with Gasteiger partial charge in [-0.2, -0.15) is 0 Å². The molecule has 0 unspecified atom stereocenters. The van der Waals surface area contributed by atoms with E-state index in [-0.39, 0.29) is 11.5 Å². The third kappa shape index (κ3) is 4.50. The first-order chi connectivity index (χ1) is 15.5. The molecule has 4 aromatic rings. The second kappa shape index (κ2) is 9.24. The smallest absolute Gasteiger partial charge is 0.352 e. The molecular formula is C26H25FN2O3. The first kappa shape index (κ1) is 21.6. The highest BCUT2D eigenvalue weighted by Gasteiger charge is 2.23. The fourth-order valence-corrected chi connectivity index (χ4v) is 3.93. The van der Waals surface area contributed by atoms with Gasteiger partial charge < -0.3 is 19.7 Å². The molecule has 0 fully saturated rings. The van der Waals surface area contributed by atoms with Gasteiger partial charge in [-0.05, 0) is 42.3 Å². The van der Waals surface area contributed by atoms with Crippen LogP contribution in [0.2, 0.25) is 0 Å². The lowest BCUT2D eigenvalue weighted by atomic mass is 10.1. The maximum atomic E-state index is 13.4. The van der Waals surface area contributed by atoms with Crippen molar-refractivity contribution in [1.82, 2.24) is 9.88 Å². The second-order valence-electron chi connectivity index (χ2n) is 7.82. The number of ether oxygens (including phenoxy) is 1. The molecule has 0 spiro atoms. The fourth-order valence-electron chi connectivity index (χ4n) is 3.93. The summed E-state index contributed by atoms with van der Waals surface area (Å²) < 4.78 is 20.5. The minimum Gasteiger partial charge on any atom is -0.497 e. The number of fused-ring (bicyclic) bond motifs is 1. The molecule has 0 amide bonds. The van der Waals surface area contributed by atoms with Crippen LogP contribution < -0.4 is 10.1 Å². The lowest BCUT2D eigenvalue weighted by Gasteiger charge is -2.10. The SMILES string of the molecule is COc1ccc2c(CNCc3ccc(C)cc3)c(C(=O)O)n(Cc3ccc(F)cc3)c2c1. The van der Waals surface area contributed by atoms with Crippen LogP contribution in [0.15, 0.2) is 66.7 Å². The van der Waals surface area contributed by atoms with Gasteiger partial charge >= 0.3 is 5.97 Å². The molecule has 0 saturated heterocycles. The van der Waals surface area contributed by atoms with Crippen LogP contribution in [-0.2, 0) is 19.6 Å². The maximum Gasteiger partial charge on any atom is 0.352 e. The van der Waals surface area contributed by atoms with Gasteiger partial charge in [0.15, 0.2) is 0 Å². The summed E-state index contributed by atoms with van der Waals surface area (Å²) in [6.45, 7) is 3.37. The molecule has 4 rings (SSSR count). The Labute approximate surface area is 186 Å². The van der Waals surface area contributed by atoms with E-state index in [1.54, 1.807) is 23.8 Å². The van der Waals surface area contributed by atoms with Gasteiger partial charge in [0.1, 0.15) is 17.3 Å². The molecule has 0 radical (unpaired) electrons. The minimum atomic E-state index is -1.01. The van der Waals surface area contributed by atoms with E-state index in [0.29, 0.717) is 30.9 Å². The van der Waals surface area contributed by atoms with Crippen LogP contribution in [0.1, 0.15) is 32.7 Å². The number of benzene rings is 3. The van der Waals surface area contributed by atoms with Gasteiger partial charge in [0.05, 0.1) is 12.6 Å². The first-order valence-electron chi connectivity index (χ1n) is 10.4. The molecule has 0 atom stereocenters. The number of aromatic nitrogens is 1. The van der Waals surface area contributed by atoms with E-state index in [9.17, 15) is 14.3 Å². The standard InChI is InChI=1S/C26H25FN2O3/c1-17-3-5-18(6-4-17)14-28-15-23-22-12-11-21(32-2)13-24(22)29(25(23)26(30)31)16-19-7-9-20(27)10-8-19/h3-13,28H,14-16H2,1-2H3,(H,30,31). The number of nitrogens with one attached hydrogen (secondary N) is 1. The number of carbonyl (C=O) groups is 1. The van der Waals surface area contributed by atoms with Crippen LogP contribution in [0.3, 0.4) is 0 Å². The van der Waals surface area contributed by atoms with E-state index in [4.69, 9.17) is 4.74 Å². The molecule has 1 heterocycles. The van der Waals surface area contributed by atoms with Crippen LogP contribution in [0.25, 0.3) is 10.9 Å². The van der Waals surface area contributed by atoms with Gasteiger partial charge in [-0.25, -0.2) is 9.18 Å². The number of carboxylic acid groups (broad SMARTS) is 1. The summed E-state index contributed by atoms with van der Waals surface area (Å²) in [5, 5.41) is 14.3. The number of nitrogens with zero attached hydrogens (tertiary/aromatic N) is 1. The summed E-state index contributed by atoms with van der Waals surface area (Å²) in [6.07, 6.45) is 0. The van der Waals surface area contributed by atoms with Crippen LogP contribution in [0, 0.1) is 12.7 Å². The molecule has 6 heteroatoms. The number of methoxy groups -OCH3 is 1. The average molecular weight is 432 g/mol. The van der Waals surface area contributed by atoms with E-state index in [1.165, 1.54) is 17.7 Å². The van der Waals surface area contributed by atoms with E-state index in [0.717, 1.165) is 22.0 Å². The molecule has 2 N–H and O–H groups in total. The summed E-state index contributed by atoms with van der Waals surface area (Å²) in [7, 11) is 1.58. The molecule has 0 bridgehead atoms. The van der Waals surface area contributed by atoms with Gasteiger partial charge in [0.25, 0.3) is 0 Å². The number of halogens is 1. The fraction of sp³-hybridized carbons (Fsp3) is 0.192. The van der Waals surface area contributed by atoms with Crippen molar-refractivity contribution in [3.05, 3.63) is 100 Å². The van der Waals surface area contributed by atoms with Crippen molar-refractivity contribution in [2.45, 2.75) is 26.6 Å². The molecule has 32 heavy (non-hydrogen) atoms. The summed E-state index contributed by atoms with van der Waals surface area (Å²) in [5.74, 6) is -0.687. The van der Waals surface area contributed by atoms with Gasteiger partial charge in [0, 0.05) is 36.7 Å². The van der Waals surface area contributed by atoms with Gasteiger partial charge in [-0.15, -0.1) is 0 Å². The van der Waals surface area contributed by atoms with Crippen molar-refractivity contribution in [3.63, 3.8) is 0 Å². The number of aryl methyl sites for hydroxylation is 1. The zero-order valence-corrected chi connectivity index (χ0v) is 18.1. The molecule has 164 valence electrons. The molecule has 0 aliphatic rings. The van der Waals surface area contributed by atoms with Gasteiger partial charge in [0.2, 0.25) is 0 Å². The Balaban J connectivity index is 1.73. The third-order valence-corrected chi connectivity index (χ3v) is 5.58. The van der Waals surface area contributed by atoms with Crippen LogP contribution >= 0.6 is 0 Å². The molecule has 0 saturated carbocycles. The minimum absolute atomic E-state index is 0.217. The normalized spacial score (nSPS) is 11.1. The first-order valence-corrected chi connectivity index (χ1v) is 10.4. The zero-order chi connectivity index (χ0) is 22.7. The van der Waals surface area contributed by atoms with Crippen molar-refractivity contribution < 1.29 is 19.0 Å². The number of carboxylic acids is 1. The maximum absolute atomic E-state index is 13.4. The predicted octanol–water partition coefficient (Wildman–Crippen LogP) is 5.13. The van der Waals surface area contributed by atoms with Crippen molar-refractivity contribution >= 4 is 16.9 Å². The average Bonchev–Trinajstić information content (AvgIpc) is 3.09. The van der Waals surface area contributed by atoms with Crippen LogP contribution in [-0.4, -0.2) is 22.8 Å². The Morgan fingerprint density at radius 3 is 2.34 bits per heavy atom. The van der Waals surface area contributed by atoms with E-state index >= 15 is 0 Å². The Morgan fingerprint density at radius 1 is 1.00 bits per heavy atom. The van der Waals surface area contributed by atoms with Crippen LogP contribution in [0.4, 0.5) is 4.39 Å². The van der Waals surface area contributed by atoms with Crippen molar-refractivity contribution in [2.75, 3.05) is 7.11 Å². The number of aromatic carboxylic acids is 1. The largest absolute Gasteiger partial charge is 0.497 e. The highest BCUT2D eigenvalue weighted by molar-refractivity contribution is 5.98. The van der Waals surface area contributed by atoms with Crippen molar-refractivity contribution in [3.8, 4) is 5.75 Å². The molecular weight excluding hydrogens is 407 g/mol. The van der Waals surface area contributed by atoms with Gasteiger partial charge in [-0.3, -0.25) is 0 Å². The highest BCUT2D eigenvalue weighted by atomic mass is 19.1. The van der Waals surface area contributed by atoms with E-state index in [1.807, 2.05) is 25.1 Å². The monoisotopic (exact) mass is 432 g/mol. The molecule has 3 aromatic carbocycles. The Morgan fingerprint density at radius 2 is 1.69 bits per heavy atom. The van der Waals surface area contributed by atoms with Crippen molar-refractivity contribution in [1.29, 1.82) is 0 Å². The number of hydrogen-bond donors (Lipinski definition) is 2. The summed E-state index contributed by atoms with van der Waals surface area (Å²) >= 11 is 0. The highest BCUT2D eigenvalue weighted by Crippen LogP contribution is 2.31. The zero-order valence-electron chi connectivity index (χ0n) is 18.1. The number of rotatable bonds is 8. The molecule has 1 aromatic heterocycles. The summed E-state index contributed by atoms with van der Waals surface area (Å²) in [6, 6.07) is 19.9. The van der Waals surface area contributed by atoms with E-state index in [2.05, 4.69) is 29.6 Å². The lowest BCUT2D eigenvalue weighted by Crippen LogP contribution is -2.17. The molecule has 5 nitrogen and oxygen atoms in total. The lowest BCUT2D eigenvalue weighted by molar-refractivity contribution is 0.0684. The Hall–Kier alpha value is -3.64.